The van der Waals surface area contributed by atoms with E-state index in [0.717, 1.165) is 61.8 Å². The number of hydrogen-bond acceptors (Lipinski definition) is 4. The first-order valence-electron chi connectivity index (χ1n) is 17.0. The number of benzene rings is 5. The highest BCUT2D eigenvalue weighted by molar-refractivity contribution is 6.24. The van der Waals surface area contributed by atoms with Gasteiger partial charge in [-0.25, -0.2) is 0 Å². The molecule has 0 aliphatic rings. The Kier molecular flexibility index (Phi) is 6.74. The van der Waals surface area contributed by atoms with Gasteiger partial charge in [0.2, 0.25) is 0 Å². The van der Waals surface area contributed by atoms with Gasteiger partial charge in [-0.3, -0.25) is 19.9 Å². The molecule has 51 heavy (non-hydrogen) atoms. The van der Waals surface area contributed by atoms with Crippen LogP contribution in [0.1, 0.15) is 0 Å². The summed E-state index contributed by atoms with van der Waals surface area (Å²) in [6.07, 6.45) is 7.46. The van der Waals surface area contributed by atoms with Crippen molar-refractivity contribution in [3.63, 3.8) is 0 Å². The van der Waals surface area contributed by atoms with E-state index in [1.807, 2.05) is 60.9 Å². The van der Waals surface area contributed by atoms with Crippen molar-refractivity contribution in [1.82, 2.24) is 24.5 Å². The third-order valence-electron chi connectivity index (χ3n) is 9.76. The normalized spacial score (nSPS) is 11.5. The Balaban J connectivity index is 1.08. The Morgan fingerprint density at radius 1 is 0.333 bits per heavy atom. The van der Waals surface area contributed by atoms with Gasteiger partial charge >= 0.3 is 0 Å². The van der Waals surface area contributed by atoms with Crippen LogP contribution >= 0.6 is 0 Å². The van der Waals surface area contributed by atoms with Crippen LogP contribution in [0, 0.1) is 0 Å². The Labute approximate surface area is 294 Å². The zero-order valence-electron chi connectivity index (χ0n) is 27.5. The van der Waals surface area contributed by atoms with Crippen molar-refractivity contribution in [2.75, 3.05) is 0 Å². The molecule has 0 fully saturated rings. The van der Waals surface area contributed by atoms with Crippen molar-refractivity contribution >= 4 is 32.6 Å². The molecule has 5 nitrogen and oxygen atoms in total. The van der Waals surface area contributed by atoms with E-state index in [4.69, 9.17) is 9.97 Å². The van der Waals surface area contributed by atoms with Crippen molar-refractivity contribution < 1.29 is 0 Å². The van der Waals surface area contributed by atoms with Crippen molar-refractivity contribution in [3.05, 3.63) is 176 Å². The Morgan fingerprint density at radius 3 is 1.25 bits per heavy atom. The van der Waals surface area contributed by atoms with Crippen LogP contribution in [-0.4, -0.2) is 24.5 Å². The number of nitrogens with zero attached hydrogens (tertiary/aromatic N) is 5. The summed E-state index contributed by atoms with van der Waals surface area (Å²) in [5, 5.41) is 5.16. The molecule has 238 valence electrons. The van der Waals surface area contributed by atoms with E-state index in [9.17, 15) is 0 Å². The second-order valence-electron chi connectivity index (χ2n) is 12.8. The molecule has 10 aromatic rings. The molecule has 10 rings (SSSR count). The summed E-state index contributed by atoms with van der Waals surface area (Å²) in [6, 6.07) is 53.3. The number of aromatic nitrogens is 5. The summed E-state index contributed by atoms with van der Waals surface area (Å²) in [4.78, 5) is 18.5. The molecule has 0 unspecified atom stereocenters. The van der Waals surface area contributed by atoms with Gasteiger partial charge in [-0.1, -0.05) is 72.8 Å². The van der Waals surface area contributed by atoms with E-state index in [-0.39, 0.29) is 0 Å². The van der Waals surface area contributed by atoms with E-state index < -0.39 is 0 Å². The monoisotopic (exact) mass is 651 g/mol. The fourth-order valence-corrected chi connectivity index (χ4v) is 7.29. The zero-order chi connectivity index (χ0) is 33.7. The van der Waals surface area contributed by atoms with Crippen LogP contribution in [0.5, 0.6) is 0 Å². The van der Waals surface area contributed by atoms with E-state index >= 15 is 0 Å². The maximum atomic E-state index is 4.79. The molecule has 0 saturated heterocycles. The van der Waals surface area contributed by atoms with Crippen LogP contribution in [0.25, 0.3) is 94.4 Å². The van der Waals surface area contributed by atoms with Gasteiger partial charge in [0, 0.05) is 52.4 Å². The van der Waals surface area contributed by atoms with Gasteiger partial charge in [0.25, 0.3) is 0 Å². The van der Waals surface area contributed by atoms with E-state index in [0.29, 0.717) is 0 Å². The maximum Gasteiger partial charge on any atom is 0.0886 e. The smallest absolute Gasteiger partial charge is 0.0886 e. The minimum atomic E-state index is 0.844. The zero-order valence-corrected chi connectivity index (χ0v) is 27.5. The molecule has 0 spiro atoms. The highest BCUT2D eigenvalue weighted by Gasteiger charge is 2.16. The first-order valence-corrected chi connectivity index (χ1v) is 17.0. The van der Waals surface area contributed by atoms with E-state index in [1.54, 1.807) is 12.4 Å². The molecule has 0 bridgehead atoms. The van der Waals surface area contributed by atoms with Crippen LogP contribution < -0.4 is 0 Å². The second-order valence-corrected chi connectivity index (χ2v) is 12.8. The molecule has 0 N–H and O–H groups in total. The summed E-state index contributed by atoms with van der Waals surface area (Å²) >= 11 is 0. The summed E-state index contributed by atoms with van der Waals surface area (Å²) in [5.74, 6) is 0. The molecule has 0 saturated carbocycles. The van der Waals surface area contributed by atoms with Crippen LogP contribution in [0.4, 0.5) is 0 Å². The predicted molar refractivity (Wildman–Crippen MR) is 208 cm³/mol. The lowest BCUT2D eigenvalue weighted by atomic mass is 9.94. The molecule has 0 aliphatic carbocycles. The van der Waals surface area contributed by atoms with Crippen molar-refractivity contribution in [2.24, 2.45) is 0 Å². The first kappa shape index (κ1) is 29.0. The molecule has 0 amide bonds. The second kappa shape index (κ2) is 11.9. The highest BCUT2D eigenvalue weighted by Crippen LogP contribution is 2.39. The molecule has 0 radical (unpaired) electrons. The topological polar surface area (TPSA) is 56.5 Å². The number of pyridine rings is 4. The van der Waals surface area contributed by atoms with Crippen LogP contribution in [0.3, 0.4) is 0 Å². The van der Waals surface area contributed by atoms with Gasteiger partial charge in [-0.15, -0.1) is 0 Å². The molecule has 5 heteroatoms. The fraction of sp³-hybridized carbons (Fsp3) is 0. The maximum absolute atomic E-state index is 4.79. The average molecular weight is 652 g/mol. The predicted octanol–water partition coefficient (Wildman–Crippen LogP) is 11.3. The third kappa shape index (κ3) is 5.03. The largest absolute Gasteiger partial charge is 0.309 e. The van der Waals surface area contributed by atoms with Gasteiger partial charge in [-0.2, -0.15) is 0 Å². The quantitative estimate of drug-likeness (QED) is 0.168. The van der Waals surface area contributed by atoms with Gasteiger partial charge in [0.1, 0.15) is 0 Å². The molecular formula is C46H29N5. The number of rotatable bonds is 6. The SMILES string of the molecule is c1ccc(-c2ccc(-c3cc(-c4ccc(-n5c6cccc7ccc8cccc5c8c76)cc4)cc(-c4ccc(-c5ccccn5)nc4)c3)cn2)nc1. The van der Waals surface area contributed by atoms with Gasteiger partial charge < -0.3 is 4.57 Å². The van der Waals surface area contributed by atoms with E-state index in [2.05, 4.69) is 118 Å². The summed E-state index contributed by atoms with van der Waals surface area (Å²) < 4.78 is 2.39. The first-order chi connectivity index (χ1) is 25.3. The van der Waals surface area contributed by atoms with Crippen molar-refractivity contribution in [3.8, 4) is 61.8 Å². The van der Waals surface area contributed by atoms with Gasteiger partial charge in [0.05, 0.1) is 33.8 Å². The number of hydrogen-bond donors (Lipinski definition) is 0. The van der Waals surface area contributed by atoms with Crippen LogP contribution in [0.15, 0.2) is 176 Å². The molecule has 5 aromatic heterocycles. The lowest BCUT2D eigenvalue weighted by Crippen LogP contribution is -1.94. The molecular weight excluding hydrogens is 623 g/mol. The van der Waals surface area contributed by atoms with Crippen molar-refractivity contribution in [2.45, 2.75) is 0 Å². The summed E-state index contributed by atoms with van der Waals surface area (Å²) in [5.41, 5.74) is 13.4. The molecule has 0 aliphatic heterocycles. The minimum absolute atomic E-state index is 0.844. The van der Waals surface area contributed by atoms with Crippen molar-refractivity contribution in [1.29, 1.82) is 0 Å². The lowest BCUT2D eigenvalue weighted by Gasteiger charge is -2.13. The molecule has 5 aromatic carbocycles. The molecule has 5 heterocycles. The third-order valence-corrected chi connectivity index (χ3v) is 9.76. The Hall–Kier alpha value is -6.98. The summed E-state index contributed by atoms with van der Waals surface area (Å²) in [7, 11) is 0. The summed E-state index contributed by atoms with van der Waals surface area (Å²) in [6.45, 7) is 0. The van der Waals surface area contributed by atoms with Crippen LogP contribution in [-0.2, 0) is 0 Å². The molecule has 0 atom stereocenters. The standard InChI is InChI=1S/C46H29N5/c1-3-23-47-39(9-1)41-21-17-33(28-49-41)36-25-35(26-37(27-36)34-18-22-42(50-29-34)40-10-2-4-24-48-40)30-15-19-38(20-16-30)51-43-11-5-7-31-13-14-32-8-6-12-44(51)46(32)45(31)43/h1-29H. The van der Waals surface area contributed by atoms with Crippen LogP contribution in [0.2, 0.25) is 0 Å². The fourth-order valence-electron chi connectivity index (χ4n) is 7.29. The highest BCUT2D eigenvalue weighted by atomic mass is 15.0. The minimum Gasteiger partial charge on any atom is -0.309 e. The van der Waals surface area contributed by atoms with E-state index in [1.165, 1.54) is 32.6 Å². The van der Waals surface area contributed by atoms with Gasteiger partial charge in [-0.05, 0) is 112 Å². The van der Waals surface area contributed by atoms with Gasteiger partial charge in [0.15, 0.2) is 0 Å². The Bertz CT molecular complexity index is 2640. The Morgan fingerprint density at radius 2 is 0.804 bits per heavy atom. The lowest BCUT2D eigenvalue weighted by molar-refractivity contribution is 1.18. The average Bonchev–Trinajstić information content (AvgIpc) is 3.56.